The summed E-state index contributed by atoms with van der Waals surface area (Å²) >= 11 is 5.74. The zero-order chi connectivity index (χ0) is 15.6. The van der Waals surface area contributed by atoms with Gasteiger partial charge in [-0.05, 0) is 39.3 Å². The van der Waals surface area contributed by atoms with Gasteiger partial charge in [0, 0.05) is 26.2 Å². The van der Waals surface area contributed by atoms with E-state index in [0.717, 1.165) is 12.2 Å². The molecular formula is C14H21ClN4O2. The highest BCUT2D eigenvalue weighted by Crippen LogP contribution is 2.21. The Morgan fingerprint density at radius 2 is 2.14 bits per heavy atom. The molecule has 1 saturated heterocycles. The number of hydrogen-bond donors (Lipinski definition) is 0. The molecule has 21 heavy (non-hydrogen) atoms. The zero-order valence-electron chi connectivity index (χ0n) is 12.8. The molecule has 1 fully saturated rings. The van der Waals surface area contributed by atoms with Crippen LogP contribution in [0.1, 0.15) is 27.2 Å². The number of halogens is 1. The minimum absolute atomic E-state index is 0.202. The summed E-state index contributed by atoms with van der Waals surface area (Å²) in [6.07, 6.45) is 0.612. The Morgan fingerprint density at radius 3 is 2.71 bits per heavy atom. The lowest BCUT2D eigenvalue weighted by Gasteiger charge is -2.27. The maximum Gasteiger partial charge on any atom is 0.410 e. The van der Waals surface area contributed by atoms with E-state index in [9.17, 15) is 4.79 Å². The van der Waals surface area contributed by atoms with Crippen LogP contribution in [0.25, 0.3) is 0 Å². The molecule has 0 radical (unpaired) electrons. The molecular weight excluding hydrogens is 292 g/mol. The van der Waals surface area contributed by atoms with Crippen LogP contribution >= 0.6 is 11.6 Å². The smallest absolute Gasteiger partial charge is 0.410 e. The SMILES string of the molecule is CN(c1ccc(Cl)nn1)[C@@H]1CCN(C(=O)OC(C)(C)C)C1. The third-order valence-corrected chi connectivity index (χ3v) is 3.54. The van der Waals surface area contributed by atoms with Crippen molar-refractivity contribution in [2.45, 2.75) is 38.8 Å². The van der Waals surface area contributed by atoms with E-state index in [0.29, 0.717) is 18.2 Å². The van der Waals surface area contributed by atoms with Crippen LogP contribution in [0, 0.1) is 0 Å². The van der Waals surface area contributed by atoms with Crippen molar-refractivity contribution >= 4 is 23.5 Å². The molecule has 0 aromatic carbocycles. The molecule has 116 valence electrons. The van der Waals surface area contributed by atoms with Crippen LogP contribution in [0.4, 0.5) is 10.6 Å². The first-order valence-corrected chi connectivity index (χ1v) is 7.34. The number of likely N-dealkylation sites (tertiary alicyclic amines) is 1. The summed E-state index contributed by atoms with van der Waals surface area (Å²) in [7, 11) is 1.95. The topological polar surface area (TPSA) is 58.6 Å². The van der Waals surface area contributed by atoms with Crippen LogP contribution in [0.15, 0.2) is 12.1 Å². The Kier molecular flexibility index (Phi) is 4.56. The Bertz CT molecular complexity index is 501. The molecule has 0 spiro atoms. The van der Waals surface area contributed by atoms with E-state index in [-0.39, 0.29) is 12.1 Å². The molecule has 1 atom stereocenters. The van der Waals surface area contributed by atoms with E-state index in [2.05, 4.69) is 10.2 Å². The summed E-state index contributed by atoms with van der Waals surface area (Å²) in [4.78, 5) is 15.8. The van der Waals surface area contributed by atoms with Gasteiger partial charge in [0.25, 0.3) is 0 Å². The molecule has 6 nitrogen and oxygen atoms in total. The van der Waals surface area contributed by atoms with E-state index < -0.39 is 5.60 Å². The molecule has 1 aromatic rings. The van der Waals surface area contributed by atoms with E-state index in [1.54, 1.807) is 11.0 Å². The lowest BCUT2D eigenvalue weighted by Crippen LogP contribution is -2.39. The van der Waals surface area contributed by atoms with Crippen molar-refractivity contribution in [3.63, 3.8) is 0 Å². The van der Waals surface area contributed by atoms with Gasteiger partial charge in [0.15, 0.2) is 11.0 Å². The Balaban J connectivity index is 1.95. The van der Waals surface area contributed by atoms with Crippen LogP contribution in [0.2, 0.25) is 5.15 Å². The molecule has 1 amide bonds. The van der Waals surface area contributed by atoms with E-state index in [4.69, 9.17) is 16.3 Å². The third-order valence-electron chi connectivity index (χ3n) is 3.34. The predicted molar refractivity (Wildman–Crippen MR) is 81.7 cm³/mol. The lowest BCUT2D eigenvalue weighted by atomic mass is 10.2. The highest BCUT2D eigenvalue weighted by atomic mass is 35.5. The summed E-state index contributed by atoms with van der Waals surface area (Å²) in [5, 5.41) is 8.27. The average molecular weight is 313 g/mol. The molecule has 0 bridgehead atoms. The first kappa shape index (κ1) is 15.8. The van der Waals surface area contributed by atoms with Crippen molar-refractivity contribution in [1.82, 2.24) is 15.1 Å². The second-order valence-electron chi connectivity index (χ2n) is 6.19. The molecule has 1 aliphatic heterocycles. The highest BCUT2D eigenvalue weighted by Gasteiger charge is 2.32. The largest absolute Gasteiger partial charge is 0.444 e. The molecule has 0 N–H and O–H groups in total. The van der Waals surface area contributed by atoms with Gasteiger partial charge in [0.05, 0.1) is 0 Å². The number of aromatic nitrogens is 2. The minimum Gasteiger partial charge on any atom is -0.444 e. The normalized spacial score (nSPS) is 18.7. The number of carbonyl (C=O) groups is 1. The summed E-state index contributed by atoms with van der Waals surface area (Å²) in [6, 6.07) is 3.74. The van der Waals surface area contributed by atoms with Gasteiger partial charge in [0.1, 0.15) is 5.60 Å². The quantitative estimate of drug-likeness (QED) is 0.840. The molecule has 2 rings (SSSR count). The Labute approximate surface area is 130 Å². The van der Waals surface area contributed by atoms with E-state index in [1.807, 2.05) is 38.8 Å². The van der Waals surface area contributed by atoms with Gasteiger partial charge in [0.2, 0.25) is 0 Å². The Hall–Kier alpha value is -1.56. The maximum atomic E-state index is 12.1. The zero-order valence-corrected chi connectivity index (χ0v) is 13.6. The summed E-state index contributed by atoms with van der Waals surface area (Å²) < 4.78 is 5.39. The van der Waals surface area contributed by atoms with Crippen molar-refractivity contribution in [2.75, 3.05) is 25.0 Å². The fraction of sp³-hybridized carbons (Fsp3) is 0.643. The fourth-order valence-electron chi connectivity index (χ4n) is 2.23. The van der Waals surface area contributed by atoms with Crippen molar-refractivity contribution in [1.29, 1.82) is 0 Å². The molecule has 2 heterocycles. The molecule has 0 aliphatic carbocycles. The van der Waals surface area contributed by atoms with Gasteiger partial charge in [-0.25, -0.2) is 4.79 Å². The van der Waals surface area contributed by atoms with Crippen molar-refractivity contribution in [2.24, 2.45) is 0 Å². The number of ether oxygens (including phenoxy) is 1. The van der Waals surface area contributed by atoms with Gasteiger partial charge in [-0.1, -0.05) is 11.6 Å². The first-order valence-electron chi connectivity index (χ1n) is 6.96. The summed E-state index contributed by atoms with van der Waals surface area (Å²) in [5.74, 6) is 0.746. The van der Waals surface area contributed by atoms with Crippen molar-refractivity contribution < 1.29 is 9.53 Å². The number of hydrogen-bond acceptors (Lipinski definition) is 5. The minimum atomic E-state index is -0.470. The predicted octanol–water partition coefficient (Wildman–Crippen LogP) is 2.58. The van der Waals surface area contributed by atoms with Gasteiger partial charge in [-0.3, -0.25) is 0 Å². The molecule has 0 unspecified atom stereocenters. The number of rotatable bonds is 2. The fourth-order valence-corrected chi connectivity index (χ4v) is 2.34. The summed E-state index contributed by atoms with van der Waals surface area (Å²) in [5.41, 5.74) is -0.470. The highest BCUT2D eigenvalue weighted by molar-refractivity contribution is 6.29. The first-order chi connectivity index (χ1) is 9.76. The Morgan fingerprint density at radius 1 is 1.43 bits per heavy atom. The standard InChI is InChI=1S/C14H21ClN4O2/c1-14(2,3)21-13(20)19-8-7-10(9-19)18(4)12-6-5-11(15)16-17-12/h5-6,10H,7-9H2,1-4H3/t10-/m1/s1. The van der Waals surface area contributed by atoms with Crippen LogP contribution < -0.4 is 4.90 Å². The third kappa shape index (κ3) is 4.20. The second kappa shape index (κ2) is 6.05. The van der Waals surface area contributed by atoms with Gasteiger partial charge < -0.3 is 14.5 Å². The van der Waals surface area contributed by atoms with Gasteiger partial charge >= 0.3 is 6.09 Å². The number of nitrogens with zero attached hydrogens (tertiary/aromatic N) is 4. The van der Waals surface area contributed by atoms with E-state index >= 15 is 0 Å². The van der Waals surface area contributed by atoms with Crippen molar-refractivity contribution in [3.05, 3.63) is 17.3 Å². The summed E-state index contributed by atoms with van der Waals surface area (Å²) in [6.45, 7) is 6.91. The van der Waals surface area contributed by atoms with Gasteiger partial charge in [-0.2, -0.15) is 0 Å². The molecule has 0 saturated carbocycles. The maximum absolute atomic E-state index is 12.1. The molecule has 7 heteroatoms. The number of likely N-dealkylation sites (N-methyl/N-ethyl adjacent to an activating group) is 1. The van der Waals surface area contributed by atoms with Gasteiger partial charge in [-0.15, -0.1) is 10.2 Å². The average Bonchev–Trinajstić information content (AvgIpc) is 2.86. The van der Waals surface area contributed by atoms with E-state index in [1.165, 1.54) is 0 Å². The lowest BCUT2D eigenvalue weighted by molar-refractivity contribution is 0.0292. The molecule has 1 aromatic heterocycles. The molecule has 1 aliphatic rings. The van der Waals surface area contributed by atoms with Crippen LogP contribution in [0.5, 0.6) is 0 Å². The van der Waals surface area contributed by atoms with Crippen LogP contribution in [-0.2, 0) is 4.74 Å². The van der Waals surface area contributed by atoms with Crippen LogP contribution in [-0.4, -0.2) is 53.0 Å². The van der Waals surface area contributed by atoms with Crippen molar-refractivity contribution in [3.8, 4) is 0 Å². The van der Waals surface area contributed by atoms with Crippen LogP contribution in [0.3, 0.4) is 0 Å². The monoisotopic (exact) mass is 312 g/mol. The second-order valence-corrected chi connectivity index (χ2v) is 6.58. The number of carbonyl (C=O) groups excluding carboxylic acids is 1. The number of amides is 1. The number of anilines is 1.